The highest BCUT2D eigenvalue weighted by molar-refractivity contribution is 9.09. The Balaban J connectivity index is 2.81. The van der Waals surface area contributed by atoms with Gasteiger partial charge in [-0.1, -0.05) is 39.7 Å². The third-order valence-corrected chi connectivity index (χ3v) is 4.87. The smallest absolute Gasteiger partial charge is 0.264 e. The van der Waals surface area contributed by atoms with Crippen LogP contribution in [0.15, 0.2) is 23.3 Å². The molecule has 0 aromatic heterocycles. The molecule has 1 unspecified atom stereocenters. The first-order valence-corrected chi connectivity index (χ1v) is 10.5. The number of hydrogen-bond acceptors (Lipinski definition) is 5. The molecule has 11 heteroatoms. The SMILES string of the molecule is C/C(=N\N(CC(=O)N(CC(=O)NCc1cccc(Cl)c1F)C(C)C)C(C)Br)C(N)=O. The summed E-state index contributed by atoms with van der Waals surface area (Å²) in [5.41, 5.74) is 5.49. The molecule has 1 atom stereocenters. The van der Waals surface area contributed by atoms with Crippen molar-refractivity contribution in [1.82, 2.24) is 15.2 Å². The standard InChI is InChI=1S/C19H26BrClFN5O3/c1-11(2)26(17(29)10-27(13(4)20)25-12(3)19(23)30)9-16(28)24-8-14-6-5-7-15(21)18(14)22/h5-7,11,13H,8-10H2,1-4H3,(H2,23,30)(H,24,28)/b25-12+. The first-order chi connectivity index (χ1) is 13.9. The van der Waals surface area contributed by atoms with Crippen LogP contribution in [0, 0.1) is 5.82 Å². The van der Waals surface area contributed by atoms with Crippen molar-refractivity contribution in [3.63, 3.8) is 0 Å². The fraction of sp³-hybridized carbons (Fsp3) is 0.474. The van der Waals surface area contributed by atoms with Crippen molar-refractivity contribution in [2.45, 2.75) is 45.2 Å². The molecule has 3 amide bonds. The zero-order chi connectivity index (χ0) is 23.0. The van der Waals surface area contributed by atoms with E-state index in [2.05, 4.69) is 26.3 Å². The Morgan fingerprint density at radius 1 is 1.27 bits per heavy atom. The van der Waals surface area contributed by atoms with Gasteiger partial charge in [0.1, 0.15) is 18.1 Å². The second kappa shape index (κ2) is 11.8. The number of alkyl halides is 1. The van der Waals surface area contributed by atoms with Crippen LogP contribution in [0.2, 0.25) is 5.02 Å². The van der Waals surface area contributed by atoms with E-state index in [0.717, 1.165) is 0 Å². The quantitative estimate of drug-likeness (QED) is 0.220. The predicted molar refractivity (Wildman–Crippen MR) is 118 cm³/mol. The largest absolute Gasteiger partial charge is 0.365 e. The second-order valence-electron chi connectivity index (χ2n) is 6.83. The number of carbonyl (C=O) groups excluding carboxylic acids is 3. The molecule has 1 aromatic rings. The van der Waals surface area contributed by atoms with Crippen molar-refractivity contribution in [2.75, 3.05) is 13.1 Å². The summed E-state index contributed by atoms with van der Waals surface area (Å²) in [5, 5.41) is 7.97. The highest BCUT2D eigenvalue weighted by Gasteiger charge is 2.24. The predicted octanol–water partition coefficient (Wildman–Crippen LogP) is 2.24. The molecule has 0 fully saturated rings. The molecule has 3 N–H and O–H groups in total. The average molecular weight is 507 g/mol. The minimum atomic E-state index is -0.700. The molecule has 0 saturated carbocycles. The van der Waals surface area contributed by atoms with Crippen molar-refractivity contribution >= 4 is 51.0 Å². The molecule has 0 radical (unpaired) electrons. The lowest BCUT2D eigenvalue weighted by molar-refractivity contribution is -0.138. The molecule has 0 aliphatic rings. The lowest BCUT2D eigenvalue weighted by Crippen LogP contribution is -2.48. The minimum absolute atomic E-state index is 0.0310. The van der Waals surface area contributed by atoms with Crippen molar-refractivity contribution in [3.8, 4) is 0 Å². The Kier molecular flexibility index (Phi) is 10.2. The van der Waals surface area contributed by atoms with E-state index in [1.54, 1.807) is 26.8 Å². The maximum absolute atomic E-state index is 13.9. The third-order valence-electron chi connectivity index (χ3n) is 4.11. The molecule has 0 aliphatic carbocycles. The number of nitrogens with zero attached hydrogens (tertiary/aromatic N) is 3. The molecular weight excluding hydrogens is 481 g/mol. The monoisotopic (exact) mass is 505 g/mol. The van der Waals surface area contributed by atoms with Gasteiger partial charge in [0.05, 0.1) is 16.5 Å². The number of nitrogens with one attached hydrogen (secondary N) is 1. The zero-order valence-corrected chi connectivity index (χ0v) is 19.6. The lowest BCUT2D eigenvalue weighted by Gasteiger charge is -2.30. The topological polar surface area (TPSA) is 108 Å². The van der Waals surface area contributed by atoms with E-state index in [1.165, 1.54) is 29.0 Å². The number of hydrazone groups is 1. The van der Waals surface area contributed by atoms with E-state index in [1.807, 2.05) is 0 Å². The average Bonchev–Trinajstić information content (AvgIpc) is 2.65. The van der Waals surface area contributed by atoms with E-state index in [9.17, 15) is 18.8 Å². The fourth-order valence-electron chi connectivity index (χ4n) is 2.36. The third kappa shape index (κ3) is 7.91. The molecule has 0 spiro atoms. The zero-order valence-electron chi connectivity index (χ0n) is 17.3. The maximum Gasteiger partial charge on any atom is 0.264 e. The first-order valence-electron chi connectivity index (χ1n) is 9.18. The number of nitrogens with two attached hydrogens (primary N) is 1. The highest BCUT2D eigenvalue weighted by Crippen LogP contribution is 2.17. The van der Waals surface area contributed by atoms with Gasteiger partial charge in [0.15, 0.2) is 0 Å². The summed E-state index contributed by atoms with van der Waals surface area (Å²) in [6.45, 7) is 6.25. The van der Waals surface area contributed by atoms with Gasteiger partial charge in [0, 0.05) is 18.2 Å². The van der Waals surface area contributed by atoms with Crippen LogP contribution in [0.1, 0.15) is 33.3 Å². The van der Waals surface area contributed by atoms with Crippen molar-refractivity contribution in [3.05, 3.63) is 34.6 Å². The van der Waals surface area contributed by atoms with Gasteiger partial charge in [-0.15, -0.1) is 0 Å². The van der Waals surface area contributed by atoms with E-state index in [0.29, 0.717) is 0 Å². The number of halogens is 3. The van der Waals surface area contributed by atoms with Gasteiger partial charge in [0.2, 0.25) is 11.8 Å². The number of benzene rings is 1. The van der Waals surface area contributed by atoms with Gasteiger partial charge in [-0.25, -0.2) is 4.39 Å². The van der Waals surface area contributed by atoms with Gasteiger partial charge in [-0.3, -0.25) is 19.4 Å². The van der Waals surface area contributed by atoms with Crippen LogP contribution >= 0.6 is 27.5 Å². The lowest BCUT2D eigenvalue weighted by atomic mass is 10.2. The molecule has 0 heterocycles. The number of carbonyl (C=O) groups is 3. The molecule has 8 nitrogen and oxygen atoms in total. The summed E-state index contributed by atoms with van der Waals surface area (Å²) in [6, 6.07) is 4.24. The minimum Gasteiger partial charge on any atom is -0.365 e. The molecule has 1 aromatic carbocycles. The second-order valence-corrected chi connectivity index (χ2v) is 8.56. The summed E-state index contributed by atoms with van der Waals surface area (Å²) in [6.07, 6.45) is 0. The van der Waals surface area contributed by atoms with Crippen LogP contribution in [-0.2, 0) is 20.9 Å². The Morgan fingerprint density at radius 2 is 1.90 bits per heavy atom. The van der Waals surface area contributed by atoms with Crippen LogP contribution in [0.25, 0.3) is 0 Å². The fourth-order valence-corrected chi connectivity index (χ4v) is 2.79. The van der Waals surface area contributed by atoms with Gasteiger partial charge in [-0.05, 0) is 33.8 Å². The summed E-state index contributed by atoms with van der Waals surface area (Å²) in [5.74, 6) is -2.12. The number of primary amides is 1. The van der Waals surface area contributed by atoms with Crippen molar-refractivity contribution < 1.29 is 18.8 Å². The van der Waals surface area contributed by atoms with Crippen LogP contribution < -0.4 is 11.1 Å². The number of amides is 3. The molecule has 0 bridgehead atoms. The number of hydrogen-bond donors (Lipinski definition) is 2. The van der Waals surface area contributed by atoms with E-state index < -0.39 is 17.6 Å². The summed E-state index contributed by atoms with van der Waals surface area (Å²) < 4.78 is 13.9. The summed E-state index contributed by atoms with van der Waals surface area (Å²) in [4.78, 5) is 37.4. The van der Waals surface area contributed by atoms with Crippen molar-refractivity contribution in [1.29, 1.82) is 0 Å². The number of rotatable bonds is 10. The maximum atomic E-state index is 13.9. The Morgan fingerprint density at radius 3 is 2.43 bits per heavy atom. The van der Waals surface area contributed by atoms with Gasteiger partial charge >= 0.3 is 0 Å². The summed E-state index contributed by atoms with van der Waals surface area (Å²) in [7, 11) is 0. The molecule has 166 valence electrons. The Labute approximate surface area is 188 Å². The normalized spacial score (nSPS) is 12.5. The molecule has 0 aliphatic heterocycles. The van der Waals surface area contributed by atoms with E-state index >= 15 is 0 Å². The molecular formula is C19H26BrClFN5O3. The Bertz CT molecular complexity index is 819. The van der Waals surface area contributed by atoms with E-state index in [-0.39, 0.29) is 52.8 Å². The van der Waals surface area contributed by atoms with Crippen LogP contribution in [0.5, 0.6) is 0 Å². The van der Waals surface area contributed by atoms with Gasteiger partial charge < -0.3 is 16.0 Å². The van der Waals surface area contributed by atoms with Crippen LogP contribution in [-0.4, -0.2) is 57.4 Å². The van der Waals surface area contributed by atoms with Crippen LogP contribution in [0.4, 0.5) is 4.39 Å². The molecule has 0 saturated heterocycles. The van der Waals surface area contributed by atoms with Gasteiger partial charge in [0.25, 0.3) is 5.91 Å². The summed E-state index contributed by atoms with van der Waals surface area (Å²) >= 11 is 9.06. The highest BCUT2D eigenvalue weighted by atomic mass is 79.9. The van der Waals surface area contributed by atoms with Crippen LogP contribution in [0.3, 0.4) is 0 Å². The van der Waals surface area contributed by atoms with E-state index in [4.69, 9.17) is 17.3 Å². The van der Waals surface area contributed by atoms with Gasteiger partial charge in [-0.2, -0.15) is 5.10 Å². The molecule has 30 heavy (non-hydrogen) atoms. The Hall–Kier alpha value is -2.20. The van der Waals surface area contributed by atoms with Crippen molar-refractivity contribution in [2.24, 2.45) is 10.8 Å². The molecule has 1 rings (SSSR count). The first kappa shape index (κ1) is 25.8.